The van der Waals surface area contributed by atoms with E-state index in [1.165, 1.54) is 53.3 Å². The highest BCUT2D eigenvalue weighted by Gasteiger charge is 2.28. The van der Waals surface area contributed by atoms with Crippen molar-refractivity contribution in [3.8, 4) is 0 Å². The average Bonchev–Trinajstić information content (AvgIpc) is 2.87. The maximum absolute atomic E-state index is 2.43. The van der Waals surface area contributed by atoms with Gasteiger partial charge in [-0.3, -0.25) is 0 Å². The summed E-state index contributed by atoms with van der Waals surface area (Å²) in [6.45, 7) is 2.43. The zero-order valence-corrected chi connectivity index (χ0v) is 21.3. The van der Waals surface area contributed by atoms with E-state index in [4.69, 9.17) is 0 Å². The van der Waals surface area contributed by atoms with Crippen LogP contribution in [0.25, 0.3) is 0 Å². The minimum Gasteiger partial charge on any atom is -0.0901 e. The molecule has 0 N–H and O–H groups in total. The van der Waals surface area contributed by atoms with Crippen LogP contribution in [0.1, 0.15) is 35.6 Å². The maximum Gasteiger partial charge on any atom is 0.000345 e. The van der Waals surface area contributed by atoms with E-state index in [-0.39, 0.29) is 15.8 Å². The van der Waals surface area contributed by atoms with Crippen molar-refractivity contribution < 1.29 is 0 Å². The van der Waals surface area contributed by atoms with Gasteiger partial charge in [0.15, 0.2) is 0 Å². The Bertz CT molecular complexity index is 879. The molecule has 4 aromatic carbocycles. The molecule has 0 aromatic heterocycles. The molecule has 0 atom stereocenters. The second kappa shape index (κ2) is 12.8. The van der Waals surface area contributed by atoms with E-state index in [1.807, 2.05) is 0 Å². The summed E-state index contributed by atoms with van der Waals surface area (Å²) in [6.07, 6.45) is 6.12. The summed E-state index contributed by atoms with van der Waals surface area (Å²) in [5.41, 5.74) is 5.97. The average molecular weight is 469 g/mol. The van der Waals surface area contributed by atoms with Crippen LogP contribution in [0.3, 0.4) is 0 Å². The molecule has 4 aromatic rings. The zero-order chi connectivity index (χ0) is 22.7. The summed E-state index contributed by atoms with van der Waals surface area (Å²) in [4.78, 5) is 0. The molecule has 2 heteroatoms. The third-order valence-corrected chi connectivity index (χ3v) is 13.6. The van der Waals surface area contributed by atoms with Crippen molar-refractivity contribution in [2.24, 2.45) is 0 Å². The topological polar surface area (TPSA) is 0 Å². The van der Waals surface area contributed by atoms with Gasteiger partial charge in [0.05, 0.1) is 0 Å². The van der Waals surface area contributed by atoms with E-state index in [0.29, 0.717) is 0 Å². The SMILES string of the molecule is CCC(P(Cc1ccccc1)Cc1ccccc1)P(Cc1ccccc1)Cc1ccccc1. The van der Waals surface area contributed by atoms with Crippen LogP contribution < -0.4 is 0 Å². The first-order chi connectivity index (χ1) is 16.3. The van der Waals surface area contributed by atoms with Gasteiger partial charge in [-0.25, -0.2) is 0 Å². The Balaban J connectivity index is 1.65. The van der Waals surface area contributed by atoms with E-state index in [1.54, 1.807) is 0 Å². The molecule has 0 heterocycles. The van der Waals surface area contributed by atoms with Gasteiger partial charge in [0.2, 0.25) is 0 Å². The Morgan fingerprint density at radius 3 is 0.879 bits per heavy atom. The Hall–Kier alpha value is -2.26. The lowest BCUT2D eigenvalue weighted by Gasteiger charge is -2.35. The van der Waals surface area contributed by atoms with Crippen molar-refractivity contribution in [1.29, 1.82) is 0 Å². The third-order valence-electron chi connectivity index (χ3n) is 6.12. The number of hydrogen-bond donors (Lipinski definition) is 0. The molecule has 0 aliphatic carbocycles. The molecule has 0 spiro atoms. The number of rotatable bonds is 11. The molecule has 33 heavy (non-hydrogen) atoms. The molecule has 0 saturated heterocycles. The minimum atomic E-state index is -0.180. The van der Waals surface area contributed by atoms with Gasteiger partial charge in [0.1, 0.15) is 0 Å². The molecule has 168 valence electrons. The first-order valence-electron chi connectivity index (χ1n) is 12.0. The van der Waals surface area contributed by atoms with Crippen LogP contribution in [0.2, 0.25) is 0 Å². The molecule has 0 aliphatic heterocycles. The highest BCUT2D eigenvalue weighted by Crippen LogP contribution is 2.65. The highest BCUT2D eigenvalue weighted by atomic mass is 31.2. The standard InChI is InChI=1S/C31H34P2/c1-2-31(32(23-27-15-7-3-8-16-27)24-28-17-9-4-10-18-28)33(25-29-19-11-5-12-20-29)26-30-21-13-6-14-22-30/h3-22,31H,2,23-26H2,1H3. The molecule has 4 rings (SSSR count). The monoisotopic (exact) mass is 468 g/mol. The lowest BCUT2D eigenvalue weighted by Crippen LogP contribution is -2.09. The molecule has 0 aliphatic rings. The van der Waals surface area contributed by atoms with Crippen molar-refractivity contribution in [3.05, 3.63) is 144 Å². The molecule has 0 unspecified atom stereocenters. The molecular formula is C31H34P2. The first-order valence-corrected chi connectivity index (χ1v) is 15.5. The fraction of sp³-hybridized carbons (Fsp3) is 0.226. The summed E-state index contributed by atoms with van der Waals surface area (Å²) in [5.74, 6) is 0. The van der Waals surface area contributed by atoms with Crippen LogP contribution in [0.4, 0.5) is 0 Å². The van der Waals surface area contributed by atoms with Gasteiger partial charge in [-0.15, -0.1) is 0 Å². The molecular weight excluding hydrogens is 434 g/mol. The first kappa shape index (κ1) is 23.9. The molecule has 0 saturated carbocycles. The smallest absolute Gasteiger partial charge is 0.000345 e. The maximum atomic E-state index is 2.43. The summed E-state index contributed by atoms with van der Waals surface area (Å²) in [6, 6.07) is 44.7. The van der Waals surface area contributed by atoms with Crippen molar-refractivity contribution in [2.75, 3.05) is 0 Å². The predicted octanol–water partition coefficient (Wildman–Crippen LogP) is 9.49. The number of hydrogen-bond acceptors (Lipinski definition) is 0. The second-order valence-corrected chi connectivity index (χ2v) is 13.9. The van der Waals surface area contributed by atoms with Crippen molar-refractivity contribution in [3.63, 3.8) is 0 Å². The fourth-order valence-corrected chi connectivity index (χ4v) is 12.2. The van der Waals surface area contributed by atoms with Gasteiger partial charge in [0.25, 0.3) is 0 Å². The summed E-state index contributed by atoms with van der Waals surface area (Å²) < 4.78 is 0. The van der Waals surface area contributed by atoms with Crippen molar-refractivity contribution >= 4 is 15.8 Å². The molecule has 0 fully saturated rings. The van der Waals surface area contributed by atoms with Crippen LogP contribution in [-0.4, -0.2) is 5.40 Å². The van der Waals surface area contributed by atoms with Gasteiger partial charge >= 0.3 is 0 Å². The largest absolute Gasteiger partial charge is 0.0901 e. The summed E-state index contributed by atoms with van der Waals surface area (Å²) in [7, 11) is -0.359. The molecule has 0 nitrogen and oxygen atoms in total. The zero-order valence-electron chi connectivity index (χ0n) is 19.6. The molecule has 0 bridgehead atoms. The Morgan fingerprint density at radius 2 is 0.667 bits per heavy atom. The van der Waals surface area contributed by atoms with E-state index in [2.05, 4.69) is 128 Å². The van der Waals surface area contributed by atoms with E-state index in [0.717, 1.165) is 5.40 Å². The van der Waals surface area contributed by atoms with Crippen LogP contribution in [-0.2, 0) is 24.6 Å². The normalized spacial score (nSPS) is 11.4. The van der Waals surface area contributed by atoms with Gasteiger partial charge < -0.3 is 0 Å². The van der Waals surface area contributed by atoms with Gasteiger partial charge in [-0.1, -0.05) is 144 Å². The summed E-state index contributed by atoms with van der Waals surface area (Å²) in [5, 5.41) is 0.774. The Labute approximate surface area is 202 Å². The summed E-state index contributed by atoms with van der Waals surface area (Å²) >= 11 is 0. The van der Waals surface area contributed by atoms with Gasteiger partial charge in [-0.05, 0) is 53.3 Å². The van der Waals surface area contributed by atoms with Crippen molar-refractivity contribution in [1.82, 2.24) is 0 Å². The van der Waals surface area contributed by atoms with Crippen molar-refractivity contribution in [2.45, 2.75) is 43.4 Å². The number of benzene rings is 4. The minimum absolute atomic E-state index is 0.180. The lowest BCUT2D eigenvalue weighted by atomic mass is 10.2. The van der Waals surface area contributed by atoms with E-state index < -0.39 is 0 Å². The Morgan fingerprint density at radius 1 is 0.424 bits per heavy atom. The molecule has 0 amide bonds. The quantitative estimate of drug-likeness (QED) is 0.192. The second-order valence-electron chi connectivity index (χ2n) is 8.64. The van der Waals surface area contributed by atoms with Crippen LogP contribution in [0.5, 0.6) is 0 Å². The Kier molecular flexibility index (Phi) is 9.29. The highest BCUT2D eigenvalue weighted by molar-refractivity contribution is 7.74. The van der Waals surface area contributed by atoms with Crippen LogP contribution in [0.15, 0.2) is 121 Å². The van der Waals surface area contributed by atoms with Crippen LogP contribution in [0, 0.1) is 0 Å². The van der Waals surface area contributed by atoms with E-state index in [9.17, 15) is 0 Å². The van der Waals surface area contributed by atoms with E-state index >= 15 is 0 Å². The van der Waals surface area contributed by atoms with Gasteiger partial charge in [0, 0.05) is 5.40 Å². The predicted molar refractivity (Wildman–Crippen MR) is 149 cm³/mol. The van der Waals surface area contributed by atoms with Gasteiger partial charge in [-0.2, -0.15) is 0 Å². The fourth-order valence-electron chi connectivity index (χ4n) is 4.55. The lowest BCUT2D eigenvalue weighted by molar-refractivity contribution is 1.00. The van der Waals surface area contributed by atoms with Crippen LogP contribution >= 0.6 is 15.8 Å². The molecule has 0 radical (unpaired) electrons. The third kappa shape index (κ3) is 7.37.